The SMILES string of the molecule is Cc1ccc(NC(=O)CS(=O)(=O)c2cccc3nsnc23)cc1F. The van der Waals surface area contributed by atoms with Crippen LogP contribution in [0.1, 0.15) is 5.56 Å². The molecule has 0 aliphatic rings. The molecule has 0 aliphatic carbocycles. The van der Waals surface area contributed by atoms with Gasteiger partial charge in [0.1, 0.15) is 22.6 Å². The topological polar surface area (TPSA) is 89.0 Å². The van der Waals surface area contributed by atoms with Crippen LogP contribution in [0.2, 0.25) is 0 Å². The highest BCUT2D eigenvalue weighted by Gasteiger charge is 2.23. The number of anilines is 1. The van der Waals surface area contributed by atoms with Gasteiger partial charge in [-0.1, -0.05) is 12.1 Å². The summed E-state index contributed by atoms with van der Waals surface area (Å²) in [6.07, 6.45) is 0. The number of carbonyl (C=O) groups excluding carboxylic acids is 1. The summed E-state index contributed by atoms with van der Waals surface area (Å²) in [5.74, 6) is -1.99. The summed E-state index contributed by atoms with van der Waals surface area (Å²) in [7, 11) is -3.90. The Labute approximate surface area is 141 Å². The Balaban J connectivity index is 1.82. The minimum Gasteiger partial charge on any atom is -0.325 e. The van der Waals surface area contributed by atoms with E-state index < -0.39 is 27.3 Å². The van der Waals surface area contributed by atoms with Gasteiger partial charge in [0.25, 0.3) is 0 Å². The van der Waals surface area contributed by atoms with Crippen LogP contribution in [-0.4, -0.2) is 28.8 Å². The lowest BCUT2D eigenvalue weighted by atomic mass is 10.2. The normalized spacial score (nSPS) is 11.6. The van der Waals surface area contributed by atoms with Crippen molar-refractivity contribution in [3.63, 3.8) is 0 Å². The van der Waals surface area contributed by atoms with E-state index in [1.165, 1.54) is 18.2 Å². The lowest BCUT2D eigenvalue weighted by molar-refractivity contribution is -0.113. The molecule has 0 saturated heterocycles. The van der Waals surface area contributed by atoms with Crippen LogP contribution in [0.4, 0.5) is 10.1 Å². The van der Waals surface area contributed by atoms with Crippen molar-refractivity contribution >= 4 is 44.2 Å². The van der Waals surface area contributed by atoms with Crippen molar-refractivity contribution in [1.82, 2.24) is 8.75 Å². The Morgan fingerprint density at radius 3 is 2.79 bits per heavy atom. The largest absolute Gasteiger partial charge is 0.325 e. The Hall–Kier alpha value is -2.39. The molecule has 0 aliphatic heterocycles. The van der Waals surface area contributed by atoms with Gasteiger partial charge in [0.15, 0.2) is 9.84 Å². The molecule has 0 radical (unpaired) electrons. The van der Waals surface area contributed by atoms with Crippen molar-refractivity contribution in [3.8, 4) is 0 Å². The molecule has 24 heavy (non-hydrogen) atoms. The number of hydrogen-bond acceptors (Lipinski definition) is 6. The van der Waals surface area contributed by atoms with Crippen LogP contribution in [0.5, 0.6) is 0 Å². The third-order valence-corrected chi connectivity index (χ3v) is 5.55. The van der Waals surface area contributed by atoms with E-state index in [4.69, 9.17) is 0 Å². The van der Waals surface area contributed by atoms with Gasteiger partial charge in [0.2, 0.25) is 5.91 Å². The lowest BCUT2D eigenvalue weighted by Gasteiger charge is -2.07. The fourth-order valence-electron chi connectivity index (χ4n) is 2.15. The zero-order valence-electron chi connectivity index (χ0n) is 12.5. The summed E-state index contributed by atoms with van der Waals surface area (Å²) in [5, 5.41) is 2.39. The van der Waals surface area contributed by atoms with Crippen LogP contribution in [0.25, 0.3) is 11.0 Å². The van der Waals surface area contributed by atoms with Gasteiger partial charge in [0.05, 0.1) is 16.6 Å². The van der Waals surface area contributed by atoms with Gasteiger partial charge in [-0.2, -0.15) is 8.75 Å². The maximum Gasteiger partial charge on any atom is 0.239 e. The second-order valence-electron chi connectivity index (χ2n) is 5.16. The van der Waals surface area contributed by atoms with Crippen molar-refractivity contribution in [3.05, 3.63) is 47.8 Å². The summed E-state index contributed by atoms with van der Waals surface area (Å²) in [5.41, 5.74) is 1.34. The quantitative estimate of drug-likeness (QED) is 0.767. The molecule has 0 unspecified atom stereocenters. The third-order valence-electron chi connectivity index (χ3n) is 3.36. The molecule has 1 heterocycles. The van der Waals surface area contributed by atoms with E-state index in [2.05, 4.69) is 14.1 Å². The number of benzene rings is 2. The Morgan fingerprint density at radius 1 is 1.25 bits per heavy atom. The first-order valence-corrected chi connectivity index (χ1v) is 9.25. The average molecular weight is 365 g/mol. The Bertz CT molecular complexity index is 1030. The first-order valence-electron chi connectivity index (χ1n) is 6.87. The average Bonchev–Trinajstić information content (AvgIpc) is 2.98. The number of amides is 1. The molecule has 9 heteroatoms. The standard InChI is InChI=1S/C15H12FN3O3S2/c1-9-5-6-10(7-11(9)16)17-14(20)8-24(21,22)13-4-2-3-12-15(13)19-23-18-12/h2-7H,8H2,1H3,(H,17,20). The van der Waals surface area contributed by atoms with Crippen molar-refractivity contribution in [2.45, 2.75) is 11.8 Å². The van der Waals surface area contributed by atoms with Crippen molar-refractivity contribution in [2.75, 3.05) is 11.1 Å². The summed E-state index contributed by atoms with van der Waals surface area (Å²) >= 11 is 0.901. The number of halogens is 1. The summed E-state index contributed by atoms with van der Waals surface area (Å²) in [6.45, 7) is 1.59. The van der Waals surface area contributed by atoms with Gasteiger partial charge in [-0.15, -0.1) is 0 Å². The van der Waals surface area contributed by atoms with Gasteiger partial charge < -0.3 is 5.32 Å². The molecular formula is C15H12FN3O3S2. The molecule has 0 bridgehead atoms. The van der Waals surface area contributed by atoms with Gasteiger partial charge in [-0.05, 0) is 36.8 Å². The highest BCUT2D eigenvalue weighted by Crippen LogP contribution is 2.22. The molecule has 2 aromatic carbocycles. The zero-order valence-corrected chi connectivity index (χ0v) is 14.1. The molecule has 0 atom stereocenters. The van der Waals surface area contributed by atoms with E-state index >= 15 is 0 Å². The van der Waals surface area contributed by atoms with Crippen LogP contribution in [0.15, 0.2) is 41.3 Å². The number of sulfone groups is 1. The molecule has 3 aromatic rings. The molecule has 3 rings (SSSR count). The highest BCUT2D eigenvalue weighted by molar-refractivity contribution is 7.92. The Kier molecular flexibility index (Phi) is 4.29. The van der Waals surface area contributed by atoms with Crippen LogP contribution >= 0.6 is 11.7 Å². The Morgan fingerprint density at radius 2 is 2.04 bits per heavy atom. The zero-order chi connectivity index (χ0) is 17.3. The second kappa shape index (κ2) is 6.25. The molecule has 1 amide bonds. The number of nitrogens with one attached hydrogen (secondary N) is 1. The van der Waals surface area contributed by atoms with E-state index in [0.29, 0.717) is 11.1 Å². The van der Waals surface area contributed by atoms with Crippen LogP contribution in [-0.2, 0) is 14.6 Å². The molecule has 1 N–H and O–H groups in total. The minimum atomic E-state index is -3.90. The van der Waals surface area contributed by atoms with Crippen LogP contribution < -0.4 is 5.32 Å². The molecule has 6 nitrogen and oxygen atoms in total. The summed E-state index contributed by atoms with van der Waals surface area (Å²) < 4.78 is 46.4. The molecule has 0 fully saturated rings. The maximum atomic E-state index is 13.5. The predicted molar refractivity (Wildman–Crippen MR) is 89.2 cm³/mol. The molecule has 0 spiro atoms. The number of aryl methyl sites for hydroxylation is 1. The predicted octanol–water partition coefficient (Wildman–Crippen LogP) is 2.55. The monoisotopic (exact) mass is 365 g/mol. The third kappa shape index (κ3) is 3.26. The first kappa shape index (κ1) is 16.5. The van der Waals surface area contributed by atoms with Crippen molar-refractivity contribution in [1.29, 1.82) is 0 Å². The maximum absolute atomic E-state index is 13.5. The molecular weight excluding hydrogens is 353 g/mol. The number of rotatable bonds is 4. The minimum absolute atomic E-state index is 0.0426. The molecule has 1 aromatic heterocycles. The van der Waals surface area contributed by atoms with E-state index in [0.717, 1.165) is 17.8 Å². The number of aromatic nitrogens is 2. The van der Waals surface area contributed by atoms with E-state index in [9.17, 15) is 17.6 Å². The van der Waals surface area contributed by atoms with Gasteiger partial charge in [-0.25, -0.2) is 12.8 Å². The van der Waals surface area contributed by atoms with E-state index in [1.807, 2.05) is 0 Å². The van der Waals surface area contributed by atoms with Crippen molar-refractivity contribution in [2.24, 2.45) is 0 Å². The molecule has 124 valence electrons. The summed E-state index contributed by atoms with van der Waals surface area (Å²) in [4.78, 5) is 12.0. The number of hydrogen-bond donors (Lipinski definition) is 1. The van der Waals surface area contributed by atoms with E-state index in [-0.39, 0.29) is 16.1 Å². The lowest BCUT2D eigenvalue weighted by Crippen LogP contribution is -2.23. The van der Waals surface area contributed by atoms with Crippen molar-refractivity contribution < 1.29 is 17.6 Å². The van der Waals surface area contributed by atoms with Gasteiger partial charge in [-0.3, -0.25) is 4.79 Å². The fraction of sp³-hybridized carbons (Fsp3) is 0.133. The van der Waals surface area contributed by atoms with E-state index in [1.54, 1.807) is 19.1 Å². The van der Waals surface area contributed by atoms with Crippen LogP contribution in [0.3, 0.4) is 0 Å². The van der Waals surface area contributed by atoms with Gasteiger partial charge in [0, 0.05) is 5.69 Å². The number of fused-ring (bicyclic) bond motifs is 1. The van der Waals surface area contributed by atoms with Gasteiger partial charge >= 0.3 is 0 Å². The first-order chi connectivity index (χ1) is 11.4. The highest BCUT2D eigenvalue weighted by atomic mass is 32.2. The summed E-state index contributed by atoms with van der Waals surface area (Å²) in [6, 6.07) is 8.73. The molecule has 0 saturated carbocycles. The number of nitrogens with zero attached hydrogens (tertiary/aromatic N) is 2. The fourth-order valence-corrected chi connectivity index (χ4v) is 4.06. The number of carbonyl (C=O) groups is 1. The second-order valence-corrected chi connectivity index (χ2v) is 7.65. The van der Waals surface area contributed by atoms with Crippen LogP contribution in [0, 0.1) is 12.7 Å². The smallest absolute Gasteiger partial charge is 0.239 e.